The number of aliphatic hydroxyl groups is 1. The number of anilines is 2. The Labute approximate surface area is 228 Å². The summed E-state index contributed by atoms with van der Waals surface area (Å²) in [4.78, 5) is 23.8. The van der Waals surface area contributed by atoms with Crippen LogP contribution in [0.1, 0.15) is 50.1 Å². The molecular formula is C27H36Cl2N4O2S. The molecule has 2 aliphatic carbocycles. The van der Waals surface area contributed by atoms with E-state index in [4.69, 9.17) is 28.2 Å². The third-order valence-corrected chi connectivity index (χ3v) is 10.6. The van der Waals surface area contributed by atoms with Crippen LogP contribution >= 0.6 is 34.5 Å². The van der Waals surface area contributed by atoms with Gasteiger partial charge in [-0.05, 0) is 55.7 Å². The highest BCUT2D eigenvalue weighted by Crippen LogP contribution is 2.57. The van der Waals surface area contributed by atoms with Crippen LogP contribution in [-0.4, -0.2) is 65.1 Å². The van der Waals surface area contributed by atoms with Gasteiger partial charge in [-0.3, -0.25) is 4.79 Å². The van der Waals surface area contributed by atoms with Crippen molar-refractivity contribution in [3.8, 4) is 0 Å². The molecule has 1 amide bonds. The molecule has 0 spiro atoms. The zero-order valence-electron chi connectivity index (χ0n) is 21.4. The lowest BCUT2D eigenvalue weighted by molar-refractivity contribution is -0.146. The summed E-state index contributed by atoms with van der Waals surface area (Å²) in [5.74, 6) is 0.131. The van der Waals surface area contributed by atoms with Gasteiger partial charge in [0.15, 0.2) is 5.13 Å². The van der Waals surface area contributed by atoms with Gasteiger partial charge in [-0.2, -0.15) is 0 Å². The minimum atomic E-state index is -0.533. The van der Waals surface area contributed by atoms with Crippen LogP contribution in [0.4, 0.5) is 10.8 Å². The molecule has 2 fully saturated rings. The molecule has 1 aromatic carbocycles. The number of nitrogens with one attached hydrogen (secondary N) is 1. The molecule has 1 aliphatic heterocycles. The monoisotopic (exact) mass is 550 g/mol. The number of hydrogen-bond donors (Lipinski definition) is 2. The summed E-state index contributed by atoms with van der Waals surface area (Å²) in [6.07, 6.45) is 2.23. The van der Waals surface area contributed by atoms with E-state index in [2.05, 4.69) is 31.1 Å². The third kappa shape index (κ3) is 4.66. The molecular weight excluding hydrogens is 515 g/mol. The van der Waals surface area contributed by atoms with Crippen molar-refractivity contribution < 1.29 is 9.90 Å². The van der Waals surface area contributed by atoms with Gasteiger partial charge in [0.25, 0.3) is 0 Å². The number of nitrogens with zero attached hydrogens (tertiary/aromatic N) is 3. The van der Waals surface area contributed by atoms with Crippen molar-refractivity contribution in [2.75, 3.05) is 38.5 Å². The summed E-state index contributed by atoms with van der Waals surface area (Å²) in [6, 6.07) is 5.44. The van der Waals surface area contributed by atoms with E-state index in [1.165, 1.54) is 4.88 Å². The van der Waals surface area contributed by atoms with Crippen molar-refractivity contribution in [2.45, 2.75) is 52.1 Å². The van der Waals surface area contributed by atoms with E-state index in [0.29, 0.717) is 15.7 Å². The minimum absolute atomic E-state index is 0.0230. The molecule has 6 atom stereocenters. The van der Waals surface area contributed by atoms with Gasteiger partial charge >= 0.3 is 0 Å². The first-order valence-electron chi connectivity index (χ1n) is 12.9. The number of carbonyl (C=O) groups is 1. The fraction of sp³-hybridized carbons (Fsp3) is 0.630. The molecule has 5 rings (SSSR count). The zero-order valence-corrected chi connectivity index (χ0v) is 23.8. The predicted octanol–water partition coefficient (Wildman–Crippen LogP) is 5.66. The molecule has 0 bridgehead atoms. The Hall–Kier alpha value is -1.38. The Balaban J connectivity index is 1.36. The summed E-state index contributed by atoms with van der Waals surface area (Å²) in [7, 11) is 2.10. The van der Waals surface area contributed by atoms with Gasteiger partial charge in [-0.25, -0.2) is 4.98 Å². The van der Waals surface area contributed by atoms with Crippen molar-refractivity contribution in [1.82, 2.24) is 14.8 Å². The second-order valence-electron chi connectivity index (χ2n) is 11.3. The van der Waals surface area contributed by atoms with Crippen molar-refractivity contribution in [3.05, 3.63) is 38.8 Å². The zero-order chi connectivity index (χ0) is 25.8. The molecule has 1 saturated carbocycles. The average molecular weight is 552 g/mol. The number of piperazine rings is 1. The lowest BCUT2D eigenvalue weighted by Crippen LogP contribution is -2.55. The second kappa shape index (κ2) is 10.1. The minimum Gasteiger partial charge on any atom is -0.392 e. The SMILES string of the molecule is C[C@H](C(=O)N1CCN(C)CC1)C1CC[C@@]2(C)Cc3sc(Nc4c(Cl)cccc4Cl)nc3[C@@H](C)[C@@H]2[C@H]1O. The molecule has 196 valence electrons. The number of likely N-dealkylation sites (N-methyl/N-ethyl adjacent to an activating group) is 1. The van der Waals surface area contributed by atoms with Crippen LogP contribution in [0.15, 0.2) is 18.2 Å². The number of carbonyl (C=O) groups excluding carboxylic acids is 1. The Morgan fingerprint density at radius 2 is 1.92 bits per heavy atom. The molecule has 6 nitrogen and oxygen atoms in total. The fourth-order valence-electron chi connectivity index (χ4n) is 6.82. The Morgan fingerprint density at radius 3 is 2.58 bits per heavy atom. The summed E-state index contributed by atoms with van der Waals surface area (Å²) in [5, 5.41) is 17.0. The maximum Gasteiger partial charge on any atom is 0.225 e. The second-order valence-corrected chi connectivity index (χ2v) is 13.2. The van der Waals surface area contributed by atoms with Gasteiger partial charge in [0.1, 0.15) is 0 Å². The quantitative estimate of drug-likeness (QED) is 0.514. The van der Waals surface area contributed by atoms with Crippen molar-refractivity contribution in [2.24, 2.45) is 23.2 Å². The van der Waals surface area contributed by atoms with Crippen LogP contribution in [0.3, 0.4) is 0 Å². The lowest BCUT2D eigenvalue weighted by Gasteiger charge is -2.53. The summed E-state index contributed by atoms with van der Waals surface area (Å²) < 4.78 is 0. The van der Waals surface area contributed by atoms with Gasteiger partial charge < -0.3 is 20.2 Å². The topological polar surface area (TPSA) is 68.7 Å². The normalized spacial score (nSPS) is 31.5. The van der Waals surface area contributed by atoms with Gasteiger partial charge in [0.05, 0.1) is 27.5 Å². The average Bonchev–Trinajstić information content (AvgIpc) is 3.23. The number of hydrogen-bond acceptors (Lipinski definition) is 6. The molecule has 3 aliphatic rings. The molecule has 2 N–H and O–H groups in total. The Bertz CT molecular complexity index is 1110. The van der Waals surface area contributed by atoms with Gasteiger partial charge in [-0.15, -0.1) is 11.3 Å². The summed E-state index contributed by atoms with van der Waals surface area (Å²) in [6.45, 7) is 9.87. The summed E-state index contributed by atoms with van der Waals surface area (Å²) >= 11 is 14.4. The highest BCUT2D eigenvalue weighted by Gasteiger charge is 2.54. The van der Waals surface area contributed by atoms with Crippen LogP contribution in [0.5, 0.6) is 0 Å². The molecule has 2 heterocycles. The molecule has 1 unspecified atom stereocenters. The van der Waals surface area contributed by atoms with Crippen LogP contribution in [0.25, 0.3) is 0 Å². The van der Waals surface area contributed by atoms with Crippen LogP contribution in [-0.2, 0) is 11.2 Å². The molecule has 0 radical (unpaired) electrons. The maximum atomic E-state index is 13.4. The van der Waals surface area contributed by atoms with Gasteiger partial charge in [0, 0.05) is 42.9 Å². The number of benzene rings is 1. The van der Waals surface area contributed by atoms with Crippen LogP contribution < -0.4 is 5.32 Å². The van der Waals surface area contributed by atoms with Crippen LogP contribution in [0, 0.1) is 23.2 Å². The Kier molecular flexibility index (Phi) is 7.33. The number of aliphatic hydroxyl groups excluding tert-OH is 1. The molecule has 9 heteroatoms. The fourth-order valence-corrected chi connectivity index (χ4v) is 8.58. The van der Waals surface area contributed by atoms with Crippen LogP contribution in [0.2, 0.25) is 10.0 Å². The first-order valence-corrected chi connectivity index (χ1v) is 14.5. The number of thiazole rings is 1. The largest absolute Gasteiger partial charge is 0.392 e. The standard InChI is InChI=1S/C27H36Cl2N4O2S/c1-15(25(35)33-12-10-32(4)11-13-33)17-8-9-27(3)14-20-22(16(2)21(27)24(17)34)30-26(36-20)31-23-18(28)6-5-7-19(23)29/h5-7,15-17,21,24,34H,8-14H2,1-4H3,(H,30,31)/t15-,16-,17?,21+,24-,27-/m0/s1. The molecule has 1 saturated heterocycles. The predicted molar refractivity (Wildman–Crippen MR) is 148 cm³/mol. The highest BCUT2D eigenvalue weighted by atomic mass is 35.5. The number of halogens is 2. The molecule has 2 aromatic rings. The van der Waals surface area contributed by atoms with Crippen molar-refractivity contribution in [3.63, 3.8) is 0 Å². The number of amides is 1. The smallest absolute Gasteiger partial charge is 0.225 e. The third-order valence-electron chi connectivity index (χ3n) is 8.96. The first-order chi connectivity index (χ1) is 17.1. The maximum absolute atomic E-state index is 13.4. The molecule has 1 aromatic heterocycles. The van der Waals surface area contributed by atoms with Crippen molar-refractivity contribution in [1.29, 1.82) is 0 Å². The van der Waals surface area contributed by atoms with E-state index < -0.39 is 6.10 Å². The van der Waals surface area contributed by atoms with Gasteiger partial charge in [-0.1, -0.05) is 50.0 Å². The number of fused-ring (bicyclic) bond motifs is 2. The van der Waals surface area contributed by atoms with E-state index in [9.17, 15) is 9.90 Å². The summed E-state index contributed by atoms with van der Waals surface area (Å²) in [5.41, 5.74) is 1.69. The van der Waals surface area contributed by atoms with Gasteiger partial charge in [0.2, 0.25) is 5.91 Å². The first kappa shape index (κ1) is 26.2. The highest BCUT2D eigenvalue weighted by molar-refractivity contribution is 7.15. The van der Waals surface area contributed by atoms with E-state index in [-0.39, 0.29) is 35.0 Å². The number of aromatic nitrogens is 1. The van der Waals surface area contributed by atoms with E-state index in [1.54, 1.807) is 11.3 Å². The van der Waals surface area contributed by atoms with Crippen molar-refractivity contribution >= 4 is 51.3 Å². The number of rotatable bonds is 4. The lowest BCUT2D eigenvalue weighted by atomic mass is 9.53. The van der Waals surface area contributed by atoms with E-state index >= 15 is 0 Å². The number of para-hydroxylation sites is 1. The molecule has 36 heavy (non-hydrogen) atoms. The van der Waals surface area contributed by atoms with E-state index in [1.807, 2.05) is 30.0 Å². The van der Waals surface area contributed by atoms with E-state index in [0.717, 1.165) is 56.3 Å². The Morgan fingerprint density at radius 1 is 1.25 bits per heavy atom.